The topological polar surface area (TPSA) is 87.2 Å². The van der Waals surface area contributed by atoms with E-state index in [1.54, 1.807) is 19.2 Å². The van der Waals surface area contributed by atoms with Crippen molar-refractivity contribution in [1.82, 2.24) is 15.3 Å². The predicted molar refractivity (Wildman–Crippen MR) is 99.9 cm³/mol. The number of hydrogen-bond acceptors (Lipinski definition) is 4. The van der Waals surface area contributed by atoms with Gasteiger partial charge in [0.25, 0.3) is 0 Å². The number of carbonyl (C=O) groups excluding carboxylic acids is 1. The van der Waals surface area contributed by atoms with Gasteiger partial charge in [0, 0.05) is 20.1 Å². The van der Waals surface area contributed by atoms with Crippen LogP contribution in [-0.4, -0.2) is 34.7 Å². The Morgan fingerprint density at radius 1 is 1.23 bits per heavy atom. The number of para-hydroxylation sites is 2. The fourth-order valence-electron chi connectivity index (χ4n) is 2.86. The molecule has 1 amide bonds. The number of nitrogens with one attached hydrogen (secondary N) is 2. The molecular formula is C20H23N3O3. The molecule has 3 aromatic rings. The number of fused-ring (bicyclic) bond motifs is 1. The van der Waals surface area contributed by atoms with Crippen LogP contribution in [0.5, 0.6) is 5.75 Å². The van der Waals surface area contributed by atoms with Crippen molar-refractivity contribution in [1.29, 1.82) is 0 Å². The first-order valence-electron chi connectivity index (χ1n) is 8.66. The molecule has 136 valence electrons. The number of aromatic amines is 1. The van der Waals surface area contributed by atoms with E-state index in [9.17, 15) is 9.90 Å². The third kappa shape index (κ3) is 4.61. The van der Waals surface area contributed by atoms with Crippen LogP contribution in [0, 0.1) is 0 Å². The van der Waals surface area contributed by atoms with Crippen LogP contribution in [0.1, 0.15) is 30.3 Å². The first kappa shape index (κ1) is 17.9. The molecule has 0 radical (unpaired) electrons. The highest BCUT2D eigenvalue weighted by Gasteiger charge is 2.19. The van der Waals surface area contributed by atoms with Crippen LogP contribution >= 0.6 is 0 Å². The fraction of sp³-hybridized carbons (Fsp3) is 0.300. The Morgan fingerprint density at radius 2 is 2.00 bits per heavy atom. The van der Waals surface area contributed by atoms with Crippen molar-refractivity contribution in [2.75, 3.05) is 13.7 Å². The summed E-state index contributed by atoms with van der Waals surface area (Å²) in [6.07, 6.45) is 1.66. The smallest absolute Gasteiger partial charge is 0.220 e. The Labute approximate surface area is 152 Å². The number of hydrogen-bond donors (Lipinski definition) is 3. The summed E-state index contributed by atoms with van der Waals surface area (Å²) in [5, 5.41) is 12.5. The van der Waals surface area contributed by atoms with Crippen molar-refractivity contribution >= 4 is 16.9 Å². The number of imidazole rings is 1. The highest BCUT2D eigenvalue weighted by molar-refractivity contribution is 5.77. The van der Waals surface area contributed by atoms with Crippen molar-refractivity contribution < 1.29 is 14.6 Å². The lowest BCUT2D eigenvalue weighted by atomic mass is 10.0. The zero-order chi connectivity index (χ0) is 18.4. The molecule has 2 aromatic carbocycles. The molecular weight excluding hydrogens is 330 g/mol. The van der Waals surface area contributed by atoms with Gasteiger partial charge in [-0.2, -0.15) is 0 Å². The quantitative estimate of drug-likeness (QED) is 0.543. The van der Waals surface area contributed by atoms with Crippen LogP contribution in [0.4, 0.5) is 0 Å². The lowest BCUT2D eigenvalue weighted by molar-refractivity contribution is -0.122. The van der Waals surface area contributed by atoms with E-state index in [0.717, 1.165) is 22.4 Å². The third-order valence-corrected chi connectivity index (χ3v) is 4.20. The molecule has 1 atom stereocenters. The van der Waals surface area contributed by atoms with E-state index in [-0.39, 0.29) is 17.7 Å². The van der Waals surface area contributed by atoms with Crippen molar-refractivity contribution in [3.05, 3.63) is 59.9 Å². The SMILES string of the molecule is COCCCC(=O)N[C@H](Cc1ccc(O)cc1)c1nc2ccccc2[nH]1. The number of phenolic OH excluding ortho intramolecular Hbond substituents is 1. The van der Waals surface area contributed by atoms with Gasteiger partial charge in [-0.15, -0.1) is 0 Å². The van der Waals surface area contributed by atoms with Gasteiger partial charge in [0.05, 0.1) is 17.1 Å². The molecule has 3 N–H and O–H groups in total. The number of rotatable bonds is 8. The monoisotopic (exact) mass is 353 g/mol. The molecule has 6 heteroatoms. The first-order valence-corrected chi connectivity index (χ1v) is 8.66. The van der Waals surface area contributed by atoms with Gasteiger partial charge in [-0.1, -0.05) is 24.3 Å². The fourth-order valence-corrected chi connectivity index (χ4v) is 2.86. The summed E-state index contributed by atoms with van der Waals surface area (Å²) in [6.45, 7) is 0.556. The molecule has 6 nitrogen and oxygen atoms in total. The van der Waals surface area contributed by atoms with E-state index in [0.29, 0.717) is 25.9 Å². The second-order valence-electron chi connectivity index (χ2n) is 6.23. The maximum absolute atomic E-state index is 12.3. The molecule has 0 aliphatic rings. The first-order chi connectivity index (χ1) is 12.7. The molecule has 3 rings (SSSR count). The molecule has 26 heavy (non-hydrogen) atoms. The number of H-pyrrole nitrogens is 1. The molecule has 1 heterocycles. The lowest BCUT2D eigenvalue weighted by Gasteiger charge is -2.17. The van der Waals surface area contributed by atoms with Gasteiger partial charge in [0.2, 0.25) is 5.91 Å². The van der Waals surface area contributed by atoms with E-state index >= 15 is 0 Å². The highest BCUT2D eigenvalue weighted by atomic mass is 16.5. The summed E-state index contributed by atoms with van der Waals surface area (Å²) in [7, 11) is 1.62. The molecule has 0 unspecified atom stereocenters. The number of aromatic nitrogens is 2. The summed E-state index contributed by atoms with van der Waals surface area (Å²) >= 11 is 0. The Bertz CT molecular complexity index is 825. The number of methoxy groups -OCH3 is 1. The summed E-state index contributed by atoms with van der Waals surface area (Å²) in [4.78, 5) is 20.2. The van der Waals surface area contributed by atoms with E-state index < -0.39 is 0 Å². The van der Waals surface area contributed by atoms with Crippen LogP contribution < -0.4 is 5.32 Å². The normalized spacial score (nSPS) is 12.2. The molecule has 0 saturated heterocycles. The Hall–Kier alpha value is -2.86. The van der Waals surface area contributed by atoms with Gasteiger partial charge in [0.1, 0.15) is 11.6 Å². The minimum absolute atomic E-state index is 0.0358. The summed E-state index contributed by atoms with van der Waals surface area (Å²) < 4.78 is 5.01. The van der Waals surface area contributed by atoms with Crippen LogP contribution in [-0.2, 0) is 16.0 Å². The van der Waals surface area contributed by atoms with Crippen LogP contribution in [0.25, 0.3) is 11.0 Å². The van der Waals surface area contributed by atoms with E-state index in [4.69, 9.17) is 4.74 Å². The van der Waals surface area contributed by atoms with Gasteiger partial charge >= 0.3 is 0 Å². The summed E-state index contributed by atoms with van der Waals surface area (Å²) in [6, 6.07) is 14.5. The molecule has 0 bridgehead atoms. The molecule has 0 saturated carbocycles. The summed E-state index contributed by atoms with van der Waals surface area (Å²) in [5.74, 6) is 0.906. The number of phenols is 1. The average Bonchev–Trinajstić information content (AvgIpc) is 3.07. The maximum atomic E-state index is 12.3. The van der Waals surface area contributed by atoms with Gasteiger partial charge in [-0.25, -0.2) is 4.98 Å². The van der Waals surface area contributed by atoms with Gasteiger partial charge < -0.3 is 20.1 Å². The maximum Gasteiger partial charge on any atom is 0.220 e. The van der Waals surface area contributed by atoms with Crippen molar-refractivity contribution in [2.24, 2.45) is 0 Å². The molecule has 0 aliphatic carbocycles. The number of aromatic hydroxyl groups is 1. The predicted octanol–water partition coefficient (Wildman–Crippen LogP) is 3.10. The van der Waals surface area contributed by atoms with Crippen molar-refractivity contribution in [3.63, 3.8) is 0 Å². The molecule has 1 aromatic heterocycles. The second kappa shape index (κ2) is 8.49. The van der Waals surface area contributed by atoms with Crippen molar-refractivity contribution in [2.45, 2.75) is 25.3 Å². The number of nitrogens with zero attached hydrogens (tertiary/aromatic N) is 1. The Kier molecular flexibility index (Phi) is 5.86. The van der Waals surface area contributed by atoms with Crippen LogP contribution in [0.15, 0.2) is 48.5 Å². The average molecular weight is 353 g/mol. The van der Waals surface area contributed by atoms with E-state index in [2.05, 4.69) is 15.3 Å². The van der Waals surface area contributed by atoms with Gasteiger partial charge in [0.15, 0.2) is 0 Å². The van der Waals surface area contributed by atoms with E-state index in [1.165, 1.54) is 0 Å². The Balaban J connectivity index is 1.80. The van der Waals surface area contributed by atoms with Gasteiger partial charge in [-0.3, -0.25) is 4.79 Å². The standard InChI is InChI=1S/C20H23N3O3/c1-26-12-4-7-19(25)21-18(13-14-8-10-15(24)11-9-14)20-22-16-5-2-3-6-17(16)23-20/h2-3,5-6,8-11,18,24H,4,7,12-13H2,1H3,(H,21,25)(H,22,23)/t18-/m1/s1. The van der Waals surface area contributed by atoms with Crippen LogP contribution in [0.2, 0.25) is 0 Å². The second-order valence-corrected chi connectivity index (χ2v) is 6.23. The number of carbonyl (C=O) groups is 1. The molecule has 0 spiro atoms. The number of ether oxygens (including phenoxy) is 1. The molecule has 0 aliphatic heterocycles. The number of amides is 1. The van der Waals surface area contributed by atoms with Gasteiger partial charge in [-0.05, 0) is 42.7 Å². The third-order valence-electron chi connectivity index (χ3n) is 4.20. The zero-order valence-electron chi connectivity index (χ0n) is 14.7. The summed E-state index contributed by atoms with van der Waals surface area (Å²) in [5.41, 5.74) is 2.81. The Morgan fingerprint density at radius 3 is 2.73 bits per heavy atom. The van der Waals surface area contributed by atoms with E-state index in [1.807, 2.05) is 36.4 Å². The highest BCUT2D eigenvalue weighted by Crippen LogP contribution is 2.21. The largest absolute Gasteiger partial charge is 0.508 e. The minimum Gasteiger partial charge on any atom is -0.508 e. The van der Waals surface area contributed by atoms with Crippen LogP contribution in [0.3, 0.4) is 0 Å². The lowest BCUT2D eigenvalue weighted by Crippen LogP contribution is -2.30. The zero-order valence-corrected chi connectivity index (χ0v) is 14.7. The minimum atomic E-state index is -0.276. The number of benzene rings is 2. The molecule has 0 fully saturated rings. The van der Waals surface area contributed by atoms with Crippen molar-refractivity contribution in [3.8, 4) is 5.75 Å².